The van der Waals surface area contributed by atoms with E-state index in [0.717, 1.165) is 55.7 Å². The van der Waals surface area contributed by atoms with Gasteiger partial charge >= 0.3 is 0 Å². The molecule has 1 saturated heterocycles. The molecule has 0 unspecified atom stereocenters. The van der Waals surface area contributed by atoms with Crippen LogP contribution in [0.5, 0.6) is 5.88 Å². The van der Waals surface area contributed by atoms with Gasteiger partial charge < -0.3 is 9.72 Å². The van der Waals surface area contributed by atoms with Gasteiger partial charge in [-0.1, -0.05) is 18.2 Å². The average Bonchev–Trinajstić information content (AvgIpc) is 3.37. The highest BCUT2D eigenvalue weighted by Crippen LogP contribution is 2.52. The zero-order valence-electron chi connectivity index (χ0n) is 21.5. The number of rotatable bonds is 7. The van der Waals surface area contributed by atoms with Crippen molar-refractivity contribution in [3.05, 3.63) is 58.9 Å². The van der Waals surface area contributed by atoms with Crippen LogP contribution in [0.25, 0.3) is 10.9 Å². The number of nitrogens with zero attached hydrogens (tertiary/aromatic N) is 3. The highest BCUT2D eigenvalue weighted by Gasteiger charge is 2.53. The molecule has 2 aromatic heterocycles. The maximum Gasteiger partial charge on any atom is 0.213 e. The Balaban J connectivity index is 1.34. The molecule has 1 aromatic carbocycles. The maximum absolute atomic E-state index is 15.2. The first kappa shape index (κ1) is 23.9. The van der Waals surface area contributed by atoms with Gasteiger partial charge in [0.2, 0.25) is 5.88 Å². The number of alkyl halides is 2. The highest BCUT2D eigenvalue weighted by atomic mass is 19.1. The minimum absolute atomic E-state index is 0.184. The van der Waals surface area contributed by atoms with E-state index in [-0.39, 0.29) is 18.6 Å². The van der Waals surface area contributed by atoms with E-state index >= 15 is 4.39 Å². The quantitative estimate of drug-likeness (QED) is 0.501. The number of aromatic amines is 1. The predicted molar refractivity (Wildman–Crippen MR) is 138 cm³/mol. The topological polar surface area (TPSA) is 44.4 Å². The fourth-order valence-corrected chi connectivity index (χ4v) is 6.74. The molecule has 3 aliphatic rings. The molecule has 2 atom stereocenters. The first-order valence-corrected chi connectivity index (χ1v) is 13.3. The van der Waals surface area contributed by atoms with Crippen molar-refractivity contribution in [3.63, 3.8) is 0 Å². The molecule has 6 rings (SSSR count). The van der Waals surface area contributed by atoms with Crippen molar-refractivity contribution in [1.29, 1.82) is 0 Å². The molecular weight excluding hydrogens is 458 g/mol. The fraction of sp³-hybridized carbons (Fsp3) is 0.552. The van der Waals surface area contributed by atoms with Gasteiger partial charge in [0.25, 0.3) is 0 Å². The second kappa shape index (κ2) is 8.80. The molecule has 1 N–H and O–H groups in total. The average molecular weight is 495 g/mol. The molecule has 0 amide bonds. The monoisotopic (exact) mass is 494 g/mol. The third kappa shape index (κ3) is 3.91. The molecule has 192 valence electrons. The second-order valence-electron chi connectivity index (χ2n) is 11.6. The maximum atomic E-state index is 15.2. The molecule has 1 fully saturated rings. The number of aromatic nitrogens is 2. The molecule has 4 heterocycles. The van der Waals surface area contributed by atoms with Gasteiger partial charge in [-0.2, -0.15) is 0 Å². The smallest absolute Gasteiger partial charge is 0.213 e. The van der Waals surface area contributed by atoms with E-state index in [1.54, 1.807) is 13.8 Å². The van der Waals surface area contributed by atoms with Gasteiger partial charge in [0.1, 0.15) is 12.3 Å². The number of para-hydroxylation sites is 1. The van der Waals surface area contributed by atoms with Crippen LogP contribution in [0.15, 0.2) is 36.4 Å². The van der Waals surface area contributed by atoms with Gasteiger partial charge in [-0.25, -0.2) is 9.37 Å². The lowest BCUT2D eigenvalue weighted by molar-refractivity contribution is 0.0105. The minimum atomic E-state index is -1.32. The fourth-order valence-electron chi connectivity index (χ4n) is 6.74. The zero-order valence-corrected chi connectivity index (χ0v) is 21.5. The van der Waals surface area contributed by atoms with Crippen LogP contribution in [-0.4, -0.2) is 70.9 Å². The van der Waals surface area contributed by atoms with Gasteiger partial charge in [0.15, 0.2) is 0 Å². The van der Waals surface area contributed by atoms with E-state index in [0.29, 0.717) is 19.0 Å². The van der Waals surface area contributed by atoms with Crippen LogP contribution in [0, 0.1) is 5.92 Å². The Bertz CT molecular complexity index is 1260. The molecular formula is C29H36F2N4O. The van der Waals surface area contributed by atoms with Gasteiger partial charge in [-0.3, -0.25) is 14.2 Å². The lowest BCUT2D eigenvalue weighted by Gasteiger charge is -2.50. The molecule has 7 heteroatoms. The summed E-state index contributed by atoms with van der Waals surface area (Å²) in [4.78, 5) is 13.3. The second-order valence-corrected chi connectivity index (χ2v) is 11.6. The number of benzene rings is 1. The number of pyridine rings is 1. The van der Waals surface area contributed by atoms with Crippen LogP contribution in [0.4, 0.5) is 8.78 Å². The zero-order chi connectivity index (χ0) is 25.1. The van der Waals surface area contributed by atoms with E-state index in [4.69, 9.17) is 9.72 Å². The van der Waals surface area contributed by atoms with Crippen molar-refractivity contribution in [2.45, 2.75) is 57.3 Å². The molecule has 5 nitrogen and oxygen atoms in total. The number of ether oxygens (including phenoxy) is 1. The Labute approximate surface area is 211 Å². The van der Waals surface area contributed by atoms with Crippen molar-refractivity contribution in [2.24, 2.45) is 5.92 Å². The number of hydrogen-bond acceptors (Lipinski definition) is 4. The molecule has 1 aliphatic carbocycles. The van der Waals surface area contributed by atoms with Crippen LogP contribution < -0.4 is 4.74 Å². The summed E-state index contributed by atoms with van der Waals surface area (Å²) in [6.07, 6.45) is 2.57. The first-order chi connectivity index (χ1) is 17.3. The van der Waals surface area contributed by atoms with Crippen molar-refractivity contribution in [3.8, 4) is 5.88 Å². The lowest BCUT2D eigenvalue weighted by atomic mass is 9.77. The normalized spacial score (nSPS) is 24.8. The number of likely N-dealkylation sites (tertiary alicyclic amines) is 1. The number of halogens is 2. The van der Waals surface area contributed by atoms with Crippen molar-refractivity contribution in [1.82, 2.24) is 19.8 Å². The summed E-state index contributed by atoms with van der Waals surface area (Å²) in [5.41, 5.74) is 4.12. The largest absolute Gasteiger partial charge is 0.476 e. The summed E-state index contributed by atoms with van der Waals surface area (Å²) in [7, 11) is 0. The number of H-pyrrole nitrogens is 1. The van der Waals surface area contributed by atoms with Crippen LogP contribution in [0.2, 0.25) is 0 Å². The Morgan fingerprint density at radius 3 is 2.78 bits per heavy atom. The lowest BCUT2D eigenvalue weighted by Crippen LogP contribution is -2.57. The number of aryl methyl sites for hydroxylation is 1. The van der Waals surface area contributed by atoms with Crippen molar-refractivity contribution in [2.75, 3.05) is 39.5 Å². The summed E-state index contributed by atoms with van der Waals surface area (Å²) in [6, 6.07) is 12.8. The highest BCUT2D eigenvalue weighted by molar-refractivity contribution is 5.86. The summed E-state index contributed by atoms with van der Waals surface area (Å²) in [6.45, 7) is 8.65. The van der Waals surface area contributed by atoms with Crippen LogP contribution in [-0.2, 0) is 18.4 Å². The third-order valence-corrected chi connectivity index (χ3v) is 8.32. The van der Waals surface area contributed by atoms with Crippen molar-refractivity contribution >= 4 is 10.9 Å². The molecule has 0 saturated carbocycles. The summed E-state index contributed by atoms with van der Waals surface area (Å²) >= 11 is 0. The van der Waals surface area contributed by atoms with Crippen LogP contribution >= 0.6 is 0 Å². The van der Waals surface area contributed by atoms with Crippen LogP contribution in [0.3, 0.4) is 0 Å². The van der Waals surface area contributed by atoms with E-state index in [1.165, 1.54) is 16.6 Å². The number of nitrogens with one attached hydrogen (secondary N) is 1. The SMILES string of the molecule is C[C@@H]1Cc2c([nH]c3ccccc23)[C@]2(CCc3nc(OCCN4CC(CF)C4)ccc32)N1CC(C)(C)F. The predicted octanol–water partition coefficient (Wildman–Crippen LogP) is 5.03. The molecule has 0 bridgehead atoms. The number of hydrogen-bond donors (Lipinski definition) is 1. The third-order valence-electron chi connectivity index (χ3n) is 8.32. The number of fused-ring (bicyclic) bond motifs is 6. The Hall–Kier alpha value is -2.51. The Kier molecular flexibility index (Phi) is 5.84. The summed E-state index contributed by atoms with van der Waals surface area (Å²) in [5.74, 6) is 0.815. The van der Waals surface area contributed by atoms with E-state index < -0.39 is 11.2 Å². The van der Waals surface area contributed by atoms with E-state index in [9.17, 15) is 4.39 Å². The van der Waals surface area contributed by atoms with Crippen LogP contribution in [0.1, 0.15) is 49.7 Å². The van der Waals surface area contributed by atoms with Gasteiger partial charge in [0, 0.05) is 72.1 Å². The molecule has 0 radical (unpaired) electrons. The van der Waals surface area contributed by atoms with E-state index in [2.05, 4.69) is 52.0 Å². The molecule has 36 heavy (non-hydrogen) atoms. The minimum Gasteiger partial charge on any atom is -0.476 e. The first-order valence-electron chi connectivity index (χ1n) is 13.3. The Morgan fingerprint density at radius 2 is 2.00 bits per heavy atom. The summed E-state index contributed by atoms with van der Waals surface area (Å²) in [5, 5.41) is 1.26. The van der Waals surface area contributed by atoms with Gasteiger partial charge in [-0.05, 0) is 57.7 Å². The molecule has 1 spiro atoms. The Morgan fingerprint density at radius 1 is 1.19 bits per heavy atom. The standard InChI is InChI=1S/C29H36F2N4O/c1-19-14-22-21-6-4-5-7-24(21)33-27(22)29(35(19)18-28(2,3)31)11-10-25-23(29)8-9-26(32-25)36-13-12-34-16-20(15-30)17-34/h4-9,19-20,33H,10-18H2,1-3H3/t19-,29-/m1/s1. The van der Waals surface area contributed by atoms with Crippen molar-refractivity contribution < 1.29 is 13.5 Å². The molecule has 3 aromatic rings. The van der Waals surface area contributed by atoms with Gasteiger partial charge in [-0.15, -0.1) is 0 Å². The summed E-state index contributed by atoms with van der Waals surface area (Å²) < 4.78 is 33.9. The van der Waals surface area contributed by atoms with E-state index in [1.807, 2.05) is 6.07 Å². The van der Waals surface area contributed by atoms with Gasteiger partial charge in [0.05, 0.1) is 12.2 Å². The molecule has 2 aliphatic heterocycles.